The predicted octanol–water partition coefficient (Wildman–Crippen LogP) is 2.96. The van der Waals surface area contributed by atoms with Crippen LogP contribution in [0.25, 0.3) is 0 Å². The van der Waals surface area contributed by atoms with Crippen LogP contribution in [0.4, 0.5) is 11.4 Å². The molecule has 0 amide bonds. The zero-order chi connectivity index (χ0) is 15.6. The van der Waals surface area contributed by atoms with Crippen LogP contribution in [-0.2, 0) is 16.6 Å². The van der Waals surface area contributed by atoms with Gasteiger partial charge in [-0.3, -0.25) is 0 Å². The van der Waals surface area contributed by atoms with Crippen LogP contribution in [0.3, 0.4) is 0 Å². The van der Waals surface area contributed by atoms with Crippen molar-refractivity contribution in [2.45, 2.75) is 11.4 Å². The molecule has 3 N–H and O–H groups in total. The number of nitrogens with two attached hydrogens (primary N) is 1. The van der Waals surface area contributed by atoms with Gasteiger partial charge in [0.1, 0.15) is 0 Å². The fraction of sp³-hybridized carbons (Fsp3) is 0.231. The first-order chi connectivity index (χ1) is 9.80. The van der Waals surface area contributed by atoms with Crippen molar-refractivity contribution in [2.75, 3.05) is 25.1 Å². The third-order valence-corrected chi connectivity index (χ3v) is 6.32. The van der Waals surface area contributed by atoms with Gasteiger partial charge in [0.15, 0.2) is 0 Å². The van der Waals surface area contributed by atoms with Crippen molar-refractivity contribution in [2.24, 2.45) is 0 Å². The number of sulfonamides is 1. The molecule has 0 aliphatic rings. The van der Waals surface area contributed by atoms with Gasteiger partial charge in [-0.05, 0) is 46.3 Å². The number of thiophene rings is 1. The Morgan fingerprint density at radius 3 is 2.52 bits per heavy atom. The van der Waals surface area contributed by atoms with Crippen molar-refractivity contribution in [3.63, 3.8) is 0 Å². The highest BCUT2D eigenvalue weighted by Gasteiger charge is 2.18. The molecule has 0 bridgehead atoms. The van der Waals surface area contributed by atoms with E-state index in [1.807, 2.05) is 12.1 Å². The molecule has 0 saturated heterocycles. The largest absolute Gasteiger partial charge is 0.397 e. The van der Waals surface area contributed by atoms with E-state index in [1.54, 1.807) is 23.5 Å². The molecule has 2 rings (SSSR count). The van der Waals surface area contributed by atoms with Crippen LogP contribution in [0.1, 0.15) is 4.88 Å². The molecule has 0 spiro atoms. The van der Waals surface area contributed by atoms with E-state index < -0.39 is 10.0 Å². The summed E-state index contributed by atoms with van der Waals surface area (Å²) in [6.45, 7) is 0.639. The van der Waals surface area contributed by atoms with Crippen LogP contribution in [0.15, 0.2) is 39.0 Å². The molecule has 1 heterocycles. The van der Waals surface area contributed by atoms with Gasteiger partial charge in [-0.15, -0.1) is 11.3 Å². The summed E-state index contributed by atoms with van der Waals surface area (Å²) in [6.07, 6.45) is 0. The average Bonchev–Trinajstić information content (AvgIpc) is 2.82. The monoisotopic (exact) mass is 389 g/mol. The second-order valence-electron chi connectivity index (χ2n) is 4.60. The molecule has 0 radical (unpaired) electrons. The molecule has 2 aromatic rings. The van der Waals surface area contributed by atoms with Gasteiger partial charge >= 0.3 is 0 Å². The second-order valence-corrected chi connectivity index (χ2v) is 9.30. The minimum Gasteiger partial charge on any atom is -0.397 e. The van der Waals surface area contributed by atoms with Crippen molar-refractivity contribution in [3.8, 4) is 0 Å². The van der Waals surface area contributed by atoms with Gasteiger partial charge in [-0.1, -0.05) is 0 Å². The first-order valence-corrected chi connectivity index (χ1v) is 9.16. The minimum atomic E-state index is -3.46. The summed E-state index contributed by atoms with van der Waals surface area (Å²) in [6, 6.07) is 8.72. The second kappa shape index (κ2) is 6.35. The molecule has 0 fully saturated rings. The van der Waals surface area contributed by atoms with Crippen LogP contribution in [0.5, 0.6) is 0 Å². The van der Waals surface area contributed by atoms with E-state index in [2.05, 4.69) is 21.2 Å². The normalized spacial score (nSPS) is 11.8. The molecule has 8 heteroatoms. The predicted molar refractivity (Wildman–Crippen MR) is 91.1 cm³/mol. The lowest BCUT2D eigenvalue weighted by Crippen LogP contribution is -2.22. The zero-order valence-corrected chi connectivity index (χ0v) is 14.8. The summed E-state index contributed by atoms with van der Waals surface area (Å²) in [5.74, 6) is 0. The molecule has 0 saturated carbocycles. The van der Waals surface area contributed by atoms with Crippen LogP contribution >= 0.6 is 27.3 Å². The Hall–Kier alpha value is -1.09. The van der Waals surface area contributed by atoms with Gasteiger partial charge in [-0.2, -0.15) is 0 Å². The Morgan fingerprint density at radius 1 is 1.29 bits per heavy atom. The molecule has 5 nitrogen and oxygen atoms in total. The molecule has 21 heavy (non-hydrogen) atoms. The van der Waals surface area contributed by atoms with E-state index in [-0.39, 0.29) is 4.90 Å². The van der Waals surface area contributed by atoms with Gasteiger partial charge in [0.25, 0.3) is 0 Å². The van der Waals surface area contributed by atoms with Gasteiger partial charge in [0.2, 0.25) is 10.0 Å². The Morgan fingerprint density at radius 2 is 2.00 bits per heavy atom. The number of halogens is 1. The number of anilines is 2. The Bertz CT molecular complexity index is 742. The van der Waals surface area contributed by atoms with Crippen molar-refractivity contribution < 1.29 is 8.42 Å². The highest BCUT2D eigenvalue weighted by Crippen LogP contribution is 2.26. The summed E-state index contributed by atoms with van der Waals surface area (Å²) >= 11 is 5.05. The quantitative estimate of drug-likeness (QED) is 0.770. The summed E-state index contributed by atoms with van der Waals surface area (Å²) < 4.78 is 26.3. The summed E-state index contributed by atoms with van der Waals surface area (Å²) in [7, 11) is -0.474. The van der Waals surface area contributed by atoms with Crippen LogP contribution in [-0.4, -0.2) is 26.8 Å². The molecule has 114 valence electrons. The van der Waals surface area contributed by atoms with Crippen LogP contribution in [0.2, 0.25) is 0 Å². The smallest absolute Gasteiger partial charge is 0.242 e. The molecular weight excluding hydrogens is 374 g/mol. The molecule has 0 aliphatic heterocycles. The summed E-state index contributed by atoms with van der Waals surface area (Å²) in [5.41, 5.74) is 7.07. The van der Waals surface area contributed by atoms with Gasteiger partial charge in [0, 0.05) is 25.5 Å². The van der Waals surface area contributed by atoms with Gasteiger partial charge in [0.05, 0.1) is 20.1 Å². The standard InChI is InChI=1S/C13H16BrN3O2S2/c1-17(2)21(18,19)10-4-5-12(11(15)7-10)16-8-9-3-6-13(14)20-9/h3-7,16H,8,15H2,1-2H3. The SMILES string of the molecule is CN(C)S(=O)(=O)c1ccc(NCc2ccc(Br)s2)c(N)c1. The number of nitrogen functional groups attached to an aromatic ring is 1. The number of hydrogen-bond donors (Lipinski definition) is 2. The van der Waals surface area contributed by atoms with E-state index in [0.717, 1.165) is 18.7 Å². The molecule has 0 atom stereocenters. The van der Waals surface area contributed by atoms with Crippen molar-refractivity contribution >= 4 is 48.7 Å². The zero-order valence-electron chi connectivity index (χ0n) is 11.6. The molecule has 0 unspecified atom stereocenters. The Labute approximate surface area is 137 Å². The van der Waals surface area contributed by atoms with E-state index in [4.69, 9.17) is 5.73 Å². The maximum absolute atomic E-state index is 12.0. The fourth-order valence-corrected chi connectivity index (χ4v) is 4.06. The lowest BCUT2D eigenvalue weighted by molar-refractivity contribution is 0.521. The highest BCUT2D eigenvalue weighted by molar-refractivity contribution is 9.11. The number of benzene rings is 1. The lowest BCUT2D eigenvalue weighted by atomic mass is 10.2. The van der Waals surface area contributed by atoms with Crippen LogP contribution < -0.4 is 11.1 Å². The Kier molecular flexibility index (Phi) is 4.92. The van der Waals surface area contributed by atoms with E-state index in [0.29, 0.717) is 12.2 Å². The molecule has 1 aromatic heterocycles. The molecular formula is C13H16BrN3O2S2. The molecule has 1 aromatic carbocycles. The third-order valence-electron chi connectivity index (χ3n) is 2.88. The first-order valence-electron chi connectivity index (χ1n) is 6.11. The number of nitrogens with zero attached hydrogens (tertiary/aromatic N) is 1. The van der Waals surface area contributed by atoms with Crippen molar-refractivity contribution in [3.05, 3.63) is 39.0 Å². The summed E-state index contributed by atoms with van der Waals surface area (Å²) in [4.78, 5) is 1.35. The average molecular weight is 390 g/mol. The summed E-state index contributed by atoms with van der Waals surface area (Å²) in [5, 5.41) is 3.21. The highest BCUT2D eigenvalue weighted by atomic mass is 79.9. The van der Waals surface area contributed by atoms with Crippen molar-refractivity contribution in [1.29, 1.82) is 0 Å². The maximum Gasteiger partial charge on any atom is 0.242 e. The van der Waals surface area contributed by atoms with Crippen LogP contribution in [0, 0.1) is 0 Å². The first kappa shape index (κ1) is 16.3. The third kappa shape index (κ3) is 3.76. The number of hydrogen-bond acceptors (Lipinski definition) is 5. The Balaban J connectivity index is 2.16. The number of rotatable bonds is 5. The van der Waals surface area contributed by atoms with E-state index in [9.17, 15) is 8.42 Å². The molecule has 0 aliphatic carbocycles. The maximum atomic E-state index is 12.0. The van der Waals surface area contributed by atoms with E-state index in [1.165, 1.54) is 20.2 Å². The van der Waals surface area contributed by atoms with Crippen molar-refractivity contribution in [1.82, 2.24) is 4.31 Å². The van der Waals surface area contributed by atoms with E-state index >= 15 is 0 Å². The number of nitrogens with one attached hydrogen (secondary N) is 1. The van der Waals surface area contributed by atoms with Gasteiger partial charge in [-0.25, -0.2) is 12.7 Å². The van der Waals surface area contributed by atoms with Gasteiger partial charge < -0.3 is 11.1 Å². The lowest BCUT2D eigenvalue weighted by Gasteiger charge is -2.14. The minimum absolute atomic E-state index is 0.189. The fourth-order valence-electron chi connectivity index (χ4n) is 1.70. The topological polar surface area (TPSA) is 75.4 Å².